The summed E-state index contributed by atoms with van der Waals surface area (Å²) in [4.78, 5) is 3.93. The van der Waals surface area contributed by atoms with E-state index in [1.165, 1.54) is 0 Å². The van der Waals surface area contributed by atoms with Crippen LogP contribution in [0.5, 0.6) is 0 Å². The minimum absolute atomic E-state index is 0.107. The average molecular weight is 192 g/mol. The molecule has 0 fully saturated rings. The number of allylic oxidation sites excluding steroid dienone is 1. The molecule has 0 aliphatic heterocycles. The molecule has 1 aromatic heterocycles. The number of hydrogen-bond donors (Lipinski definition) is 1. The van der Waals surface area contributed by atoms with Crippen LogP contribution in [-0.4, -0.2) is 20.8 Å². The zero-order valence-corrected chi connectivity index (χ0v) is 8.64. The minimum atomic E-state index is 0.107. The quantitative estimate of drug-likeness (QED) is 0.729. The van der Waals surface area contributed by atoms with Gasteiger partial charge in [0.25, 0.3) is 0 Å². The normalized spacial score (nSPS) is 25.9. The van der Waals surface area contributed by atoms with Gasteiger partial charge in [-0.3, -0.25) is 0 Å². The van der Waals surface area contributed by atoms with Crippen LogP contribution in [0.1, 0.15) is 26.7 Å². The molecular formula is C10H16N4. The van der Waals surface area contributed by atoms with E-state index in [9.17, 15) is 0 Å². The van der Waals surface area contributed by atoms with Gasteiger partial charge in [0.1, 0.15) is 12.7 Å². The fourth-order valence-electron chi connectivity index (χ4n) is 1.68. The molecule has 1 aromatic rings. The number of nitrogens with two attached hydrogens (primary N) is 1. The Morgan fingerprint density at radius 2 is 2.36 bits per heavy atom. The summed E-state index contributed by atoms with van der Waals surface area (Å²) in [5, 5.41) is 4.10. The topological polar surface area (TPSA) is 56.7 Å². The fraction of sp³-hybridized carbons (Fsp3) is 0.600. The van der Waals surface area contributed by atoms with Crippen LogP contribution in [0.15, 0.2) is 18.7 Å². The molecule has 1 aliphatic carbocycles. The van der Waals surface area contributed by atoms with Crippen LogP contribution in [0.2, 0.25) is 0 Å². The lowest BCUT2D eigenvalue weighted by molar-refractivity contribution is 0.289. The van der Waals surface area contributed by atoms with E-state index in [-0.39, 0.29) is 11.5 Å². The Labute approximate surface area is 83.8 Å². The van der Waals surface area contributed by atoms with E-state index >= 15 is 0 Å². The van der Waals surface area contributed by atoms with Gasteiger partial charge in [0.05, 0.1) is 0 Å². The first-order valence-electron chi connectivity index (χ1n) is 4.91. The first-order valence-corrected chi connectivity index (χ1v) is 4.91. The molecule has 1 unspecified atom stereocenters. The molecular weight excluding hydrogens is 176 g/mol. The molecule has 0 amide bonds. The summed E-state index contributed by atoms with van der Waals surface area (Å²) in [5.74, 6) is 0. The average Bonchev–Trinajstić information content (AvgIpc) is 2.62. The first kappa shape index (κ1) is 9.40. The van der Waals surface area contributed by atoms with Crippen molar-refractivity contribution in [1.29, 1.82) is 0 Å². The third kappa shape index (κ3) is 1.57. The maximum absolute atomic E-state index is 6.07. The number of rotatable bonds is 1. The van der Waals surface area contributed by atoms with Gasteiger partial charge in [-0.2, -0.15) is 5.10 Å². The monoisotopic (exact) mass is 192 g/mol. The Morgan fingerprint density at radius 1 is 1.57 bits per heavy atom. The lowest BCUT2D eigenvalue weighted by atomic mass is 9.76. The molecule has 4 nitrogen and oxygen atoms in total. The first-order chi connectivity index (χ1) is 6.59. The van der Waals surface area contributed by atoms with Gasteiger partial charge in [-0.15, -0.1) is 0 Å². The van der Waals surface area contributed by atoms with Gasteiger partial charge in [0, 0.05) is 11.7 Å². The minimum Gasteiger partial charge on any atom is -0.324 e. The van der Waals surface area contributed by atoms with Crippen LogP contribution < -0.4 is 5.73 Å². The van der Waals surface area contributed by atoms with Crippen molar-refractivity contribution in [3.05, 3.63) is 18.7 Å². The second-order valence-electron chi connectivity index (χ2n) is 4.51. The molecule has 0 saturated heterocycles. The lowest BCUT2D eigenvalue weighted by Gasteiger charge is -2.34. The van der Waals surface area contributed by atoms with Gasteiger partial charge in [-0.1, -0.05) is 13.8 Å². The molecule has 1 atom stereocenters. The summed E-state index contributed by atoms with van der Waals surface area (Å²) >= 11 is 0. The van der Waals surface area contributed by atoms with Crippen LogP contribution in [0.4, 0.5) is 0 Å². The molecule has 0 saturated carbocycles. The van der Waals surface area contributed by atoms with Crippen LogP contribution >= 0.6 is 0 Å². The summed E-state index contributed by atoms with van der Waals surface area (Å²) in [6, 6.07) is 0.107. The van der Waals surface area contributed by atoms with Crippen molar-refractivity contribution in [3.8, 4) is 0 Å². The largest absolute Gasteiger partial charge is 0.324 e. The molecule has 76 valence electrons. The van der Waals surface area contributed by atoms with Gasteiger partial charge in [0.2, 0.25) is 0 Å². The smallest absolute Gasteiger partial charge is 0.138 e. The number of hydrogen-bond acceptors (Lipinski definition) is 3. The van der Waals surface area contributed by atoms with E-state index in [4.69, 9.17) is 5.73 Å². The van der Waals surface area contributed by atoms with E-state index in [0.29, 0.717) is 0 Å². The van der Waals surface area contributed by atoms with Crippen molar-refractivity contribution >= 4 is 5.70 Å². The highest BCUT2D eigenvalue weighted by Crippen LogP contribution is 2.34. The zero-order chi connectivity index (χ0) is 10.2. The molecule has 0 radical (unpaired) electrons. The molecule has 2 N–H and O–H groups in total. The summed E-state index contributed by atoms with van der Waals surface area (Å²) in [7, 11) is 0. The summed E-state index contributed by atoms with van der Waals surface area (Å²) in [6.45, 7) is 4.40. The predicted molar refractivity (Wildman–Crippen MR) is 55.3 cm³/mol. The highest BCUT2D eigenvalue weighted by atomic mass is 15.3. The summed E-state index contributed by atoms with van der Waals surface area (Å²) in [5.41, 5.74) is 7.43. The molecule has 1 aliphatic rings. The molecule has 0 bridgehead atoms. The van der Waals surface area contributed by atoms with Gasteiger partial charge in [-0.25, -0.2) is 9.67 Å². The van der Waals surface area contributed by atoms with Crippen LogP contribution in [0.25, 0.3) is 5.70 Å². The standard InChI is InChI=1S/C10H16N4/c1-10(2)4-3-8(5-9(10)11)14-7-12-6-13-14/h5-7,9H,3-4,11H2,1-2H3. The van der Waals surface area contributed by atoms with Crippen LogP contribution in [0.3, 0.4) is 0 Å². The summed E-state index contributed by atoms with van der Waals surface area (Å²) < 4.78 is 1.80. The van der Waals surface area contributed by atoms with Gasteiger partial charge in [0.15, 0.2) is 0 Å². The van der Waals surface area contributed by atoms with Gasteiger partial charge < -0.3 is 5.73 Å². The molecule has 0 spiro atoms. The third-order valence-corrected chi connectivity index (χ3v) is 3.01. The number of aromatic nitrogens is 3. The number of nitrogens with zero attached hydrogens (tertiary/aromatic N) is 3. The summed E-state index contributed by atoms with van der Waals surface area (Å²) in [6.07, 6.45) is 7.48. The van der Waals surface area contributed by atoms with E-state index < -0.39 is 0 Å². The highest BCUT2D eigenvalue weighted by Gasteiger charge is 2.29. The zero-order valence-electron chi connectivity index (χ0n) is 8.64. The van der Waals surface area contributed by atoms with Gasteiger partial charge >= 0.3 is 0 Å². The van der Waals surface area contributed by atoms with Crippen molar-refractivity contribution in [2.45, 2.75) is 32.7 Å². The molecule has 0 aromatic carbocycles. The van der Waals surface area contributed by atoms with E-state index in [0.717, 1.165) is 18.5 Å². The van der Waals surface area contributed by atoms with E-state index in [1.807, 2.05) is 0 Å². The van der Waals surface area contributed by atoms with Crippen LogP contribution in [0, 0.1) is 5.41 Å². The van der Waals surface area contributed by atoms with Crippen molar-refractivity contribution < 1.29 is 0 Å². The van der Waals surface area contributed by atoms with Crippen molar-refractivity contribution in [2.75, 3.05) is 0 Å². The van der Waals surface area contributed by atoms with Gasteiger partial charge in [-0.05, 0) is 24.3 Å². The molecule has 1 heterocycles. The molecule has 14 heavy (non-hydrogen) atoms. The van der Waals surface area contributed by atoms with Crippen molar-refractivity contribution in [1.82, 2.24) is 14.8 Å². The molecule has 4 heteroatoms. The van der Waals surface area contributed by atoms with E-state index in [2.05, 4.69) is 30.0 Å². The van der Waals surface area contributed by atoms with E-state index in [1.54, 1.807) is 17.3 Å². The lowest BCUT2D eigenvalue weighted by Crippen LogP contribution is -2.38. The predicted octanol–water partition coefficient (Wildman–Crippen LogP) is 1.27. The SMILES string of the molecule is CC1(C)CCC(n2cncn2)=CC1N. The second kappa shape index (κ2) is 3.20. The maximum atomic E-state index is 6.07. The Bertz CT molecular complexity index is 337. The van der Waals surface area contributed by atoms with Crippen molar-refractivity contribution in [2.24, 2.45) is 11.1 Å². The second-order valence-corrected chi connectivity index (χ2v) is 4.51. The van der Waals surface area contributed by atoms with Crippen molar-refractivity contribution in [3.63, 3.8) is 0 Å². The highest BCUT2D eigenvalue weighted by molar-refractivity contribution is 5.46. The Balaban J connectivity index is 2.25. The Kier molecular flexibility index (Phi) is 2.15. The Morgan fingerprint density at radius 3 is 2.93 bits per heavy atom. The Hall–Kier alpha value is -1.16. The maximum Gasteiger partial charge on any atom is 0.138 e. The fourth-order valence-corrected chi connectivity index (χ4v) is 1.68. The van der Waals surface area contributed by atoms with Crippen LogP contribution in [-0.2, 0) is 0 Å². The third-order valence-electron chi connectivity index (χ3n) is 3.01. The molecule has 2 rings (SSSR count).